The summed E-state index contributed by atoms with van der Waals surface area (Å²) in [5, 5.41) is -0.0805. The number of benzene rings is 1. The van der Waals surface area contributed by atoms with E-state index in [0.29, 0.717) is 6.54 Å². The van der Waals surface area contributed by atoms with Crippen LogP contribution in [-0.2, 0) is 20.6 Å². The molecule has 7 heteroatoms. The van der Waals surface area contributed by atoms with Crippen LogP contribution in [0.15, 0.2) is 51.0 Å². The Morgan fingerprint density at radius 1 is 0.955 bits per heavy atom. The molecule has 0 unspecified atom stereocenters. The summed E-state index contributed by atoms with van der Waals surface area (Å²) >= 11 is 0. The maximum Gasteiger partial charge on any atom is 0.332 e. The van der Waals surface area contributed by atoms with E-state index in [2.05, 4.69) is 4.98 Å². The molecule has 0 fully saturated rings. The zero-order valence-corrected chi connectivity index (χ0v) is 12.2. The molecule has 3 aromatic rings. The minimum absolute atomic E-state index is 0.0805. The van der Waals surface area contributed by atoms with Gasteiger partial charge in [-0.15, -0.1) is 0 Å². The van der Waals surface area contributed by atoms with Crippen molar-refractivity contribution in [3.05, 3.63) is 73.4 Å². The van der Waals surface area contributed by atoms with Gasteiger partial charge in [-0.2, -0.15) is 0 Å². The van der Waals surface area contributed by atoms with Crippen LogP contribution in [0.4, 0.5) is 0 Å². The number of hydrogen-bond donors (Lipinski definition) is 0. The van der Waals surface area contributed by atoms with Gasteiger partial charge in [-0.05, 0) is 5.56 Å². The van der Waals surface area contributed by atoms with E-state index in [1.54, 1.807) is 0 Å². The third-order valence-electron chi connectivity index (χ3n) is 3.62. The summed E-state index contributed by atoms with van der Waals surface area (Å²) in [5.74, 6) is 0. The van der Waals surface area contributed by atoms with Gasteiger partial charge in [-0.3, -0.25) is 23.3 Å². The van der Waals surface area contributed by atoms with Gasteiger partial charge >= 0.3 is 5.69 Å². The van der Waals surface area contributed by atoms with Gasteiger partial charge in [-0.25, -0.2) is 9.78 Å². The first kappa shape index (κ1) is 14.0. The van der Waals surface area contributed by atoms with Crippen LogP contribution in [0.3, 0.4) is 0 Å². The van der Waals surface area contributed by atoms with Crippen molar-refractivity contribution in [3.8, 4) is 0 Å². The number of aryl methyl sites for hydroxylation is 1. The second-order valence-corrected chi connectivity index (χ2v) is 5.07. The highest BCUT2D eigenvalue weighted by atomic mass is 16.2. The van der Waals surface area contributed by atoms with Crippen molar-refractivity contribution in [2.24, 2.45) is 14.1 Å². The van der Waals surface area contributed by atoms with E-state index in [1.807, 2.05) is 30.3 Å². The largest absolute Gasteiger partial charge is 0.332 e. The zero-order chi connectivity index (χ0) is 15.9. The van der Waals surface area contributed by atoms with Crippen LogP contribution in [0.1, 0.15) is 5.56 Å². The first-order chi connectivity index (χ1) is 10.5. The minimum atomic E-state index is -0.627. The standard InChI is InChI=1S/C15H14N4O3/c1-17-12-11(13(20)18(2)15(17)22)14(21)19(9-16-12)8-10-6-4-3-5-7-10/h3-7,9H,8H2,1-2H3. The van der Waals surface area contributed by atoms with Crippen LogP contribution in [0.5, 0.6) is 0 Å². The van der Waals surface area contributed by atoms with E-state index in [4.69, 9.17) is 0 Å². The van der Waals surface area contributed by atoms with Gasteiger partial charge in [0.1, 0.15) is 11.7 Å². The van der Waals surface area contributed by atoms with Gasteiger partial charge in [0.05, 0.1) is 6.54 Å². The van der Waals surface area contributed by atoms with Gasteiger partial charge in [0, 0.05) is 14.1 Å². The van der Waals surface area contributed by atoms with Crippen LogP contribution in [-0.4, -0.2) is 18.7 Å². The lowest BCUT2D eigenvalue weighted by Crippen LogP contribution is -2.41. The zero-order valence-electron chi connectivity index (χ0n) is 12.2. The molecule has 0 amide bonds. The highest BCUT2D eigenvalue weighted by Crippen LogP contribution is 2.02. The molecule has 0 aliphatic carbocycles. The normalized spacial score (nSPS) is 11.0. The SMILES string of the molecule is Cn1c(=O)c2c(=O)n(Cc3ccccc3)cnc2n(C)c1=O. The molecule has 0 bridgehead atoms. The number of fused-ring (bicyclic) bond motifs is 1. The predicted octanol–water partition coefficient (Wildman–Crippen LogP) is -0.158. The quantitative estimate of drug-likeness (QED) is 0.658. The van der Waals surface area contributed by atoms with E-state index in [9.17, 15) is 14.4 Å². The fraction of sp³-hybridized carbons (Fsp3) is 0.200. The molecule has 0 aliphatic rings. The molecule has 22 heavy (non-hydrogen) atoms. The molecule has 7 nitrogen and oxygen atoms in total. The van der Waals surface area contributed by atoms with Crippen LogP contribution in [0.2, 0.25) is 0 Å². The molecule has 0 radical (unpaired) electrons. The molecule has 2 heterocycles. The topological polar surface area (TPSA) is 78.9 Å². The van der Waals surface area contributed by atoms with Crippen LogP contribution < -0.4 is 16.8 Å². The third-order valence-corrected chi connectivity index (χ3v) is 3.62. The average Bonchev–Trinajstić information content (AvgIpc) is 2.53. The van der Waals surface area contributed by atoms with Gasteiger partial charge < -0.3 is 0 Å². The summed E-state index contributed by atoms with van der Waals surface area (Å²) in [6.07, 6.45) is 1.36. The molecular weight excluding hydrogens is 284 g/mol. The second-order valence-electron chi connectivity index (χ2n) is 5.07. The molecule has 0 N–H and O–H groups in total. The second kappa shape index (κ2) is 5.10. The maximum atomic E-state index is 12.6. The van der Waals surface area contributed by atoms with E-state index < -0.39 is 16.8 Å². The minimum Gasteiger partial charge on any atom is -0.294 e. The van der Waals surface area contributed by atoms with E-state index in [-0.39, 0.29) is 11.0 Å². The van der Waals surface area contributed by atoms with Crippen LogP contribution in [0.25, 0.3) is 11.0 Å². The molecule has 2 aromatic heterocycles. The molecule has 0 saturated carbocycles. The lowest BCUT2D eigenvalue weighted by molar-refractivity contribution is 0.688. The fourth-order valence-corrected chi connectivity index (χ4v) is 2.38. The summed E-state index contributed by atoms with van der Waals surface area (Å²) in [6.45, 7) is 0.314. The Labute approximate surface area is 124 Å². The van der Waals surface area contributed by atoms with Crippen molar-refractivity contribution in [3.63, 3.8) is 0 Å². The Morgan fingerprint density at radius 3 is 2.32 bits per heavy atom. The monoisotopic (exact) mass is 298 g/mol. The van der Waals surface area contributed by atoms with Crippen molar-refractivity contribution in [2.75, 3.05) is 0 Å². The van der Waals surface area contributed by atoms with Gasteiger partial charge in [0.15, 0.2) is 5.65 Å². The summed E-state index contributed by atoms with van der Waals surface area (Å²) in [5.41, 5.74) is -0.567. The Bertz CT molecular complexity index is 1030. The Hall–Kier alpha value is -2.96. The first-order valence-electron chi connectivity index (χ1n) is 6.70. The maximum absolute atomic E-state index is 12.6. The number of aromatic nitrogens is 4. The molecule has 0 spiro atoms. The highest BCUT2D eigenvalue weighted by Gasteiger charge is 2.14. The summed E-state index contributed by atoms with van der Waals surface area (Å²) in [6, 6.07) is 9.40. The van der Waals surface area contributed by atoms with Gasteiger partial charge in [0.2, 0.25) is 0 Å². The first-order valence-corrected chi connectivity index (χ1v) is 6.70. The van der Waals surface area contributed by atoms with Crippen LogP contribution >= 0.6 is 0 Å². The number of rotatable bonds is 2. The molecule has 112 valence electrons. The van der Waals surface area contributed by atoms with Gasteiger partial charge in [0.25, 0.3) is 11.1 Å². The molecule has 0 atom stereocenters. The third kappa shape index (κ3) is 2.07. The lowest BCUT2D eigenvalue weighted by Gasteiger charge is -2.09. The van der Waals surface area contributed by atoms with E-state index >= 15 is 0 Å². The Balaban J connectivity index is 2.29. The molecule has 0 saturated heterocycles. The molecule has 1 aromatic carbocycles. The van der Waals surface area contributed by atoms with E-state index in [1.165, 1.54) is 29.6 Å². The number of nitrogens with zero attached hydrogens (tertiary/aromatic N) is 4. The highest BCUT2D eigenvalue weighted by molar-refractivity contribution is 5.72. The predicted molar refractivity (Wildman–Crippen MR) is 82.0 cm³/mol. The van der Waals surface area contributed by atoms with Crippen molar-refractivity contribution in [1.29, 1.82) is 0 Å². The summed E-state index contributed by atoms with van der Waals surface area (Å²) in [7, 11) is 2.83. The fourth-order valence-electron chi connectivity index (χ4n) is 2.38. The average molecular weight is 298 g/mol. The van der Waals surface area contributed by atoms with Crippen molar-refractivity contribution >= 4 is 11.0 Å². The van der Waals surface area contributed by atoms with Crippen molar-refractivity contribution < 1.29 is 0 Å². The Kier molecular flexibility index (Phi) is 3.25. The smallest absolute Gasteiger partial charge is 0.294 e. The van der Waals surface area contributed by atoms with Gasteiger partial charge in [-0.1, -0.05) is 30.3 Å². The summed E-state index contributed by atoms with van der Waals surface area (Å²) < 4.78 is 3.48. The lowest BCUT2D eigenvalue weighted by atomic mass is 10.2. The number of hydrogen-bond acceptors (Lipinski definition) is 4. The Morgan fingerprint density at radius 2 is 1.64 bits per heavy atom. The molecular formula is C15H14N4O3. The molecule has 0 aliphatic heterocycles. The molecule has 3 rings (SSSR count). The van der Waals surface area contributed by atoms with Crippen LogP contribution in [0, 0.1) is 0 Å². The van der Waals surface area contributed by atoms with E-state index in [0.717, 1.165) is 10.1 Å². The van der Waals surface area contributed by atoms with Crippen molar-refractivity contribution in [1.82, 2.24) is 18.7 Å². The van der Waals surface area contributed by atoms with Crippen molar-refractivity contribution in [2.45, 2.75) is 6.54 Å². The summed E-state index contributed by atoms with van der Waals surface area (Å²) in [4.78, 5) is 40.8.